The minimum atomic E-state index is -0.411. The smallest absolute Gasteiger partial charge is 0.237 e. The second-order valence-electron chi connectivity index (χ2n) is 7.66. The third-order valence-electron chi connectivity index (χ3n) is 5.38. The van der Waals surface area contributed by atoms with Crippen molar-refractivity contribution in [1.29, 1.82) is 0 Å². The number of likely N-dealkylation sites (tertiary alicyclic amines) is 1. The summed E-state index contributed by atoms with van der Waals surface area (Å²) < 4.78 is 17.9. The van der Waals surface area contributed by atoms with Gasteiger partial charge in [0.1, 0.15) is 23.0 Å². The van der Waals surface area contributed by atoms with E-state index in [2.05, 4.69) is 20.3 Å². The highest BCUT2D eigenvalue weighted by atomic mass is 35.5. The lowest BCUT2D eigenvalue weighted by molar-refractivity contribution is -0.125. The fourth-order valence-electron chi connectivity index (χ4n) is 3.70. The molecule has 3 aromatic rings. The number of phenolic OH excluding ortho intramolecular Hbond substituents is 1. The lowest BCUT2D eigenvalue weighted by atomic mass is 10.1. The van der Waals surface area contributed by atoms with Crippen molar-refractivity contribution in [3.63, 3.8) is 0 Å². The Morgan fingerprint density at radius 1 is 1.31 bits per heavy atom. The molecule has 2 N–H and O–H groups in total. The molecular weight excluding hydrogens is 455 g/mol. The first-order chi connectivity index (χ1) is 15.4. The zero-order chi connectivity index (χ0) is 22.7. The van der Waals surface area contributed by atoms with E-state index in [0.717, 1.165) is 4.90 Å². The highest BCUT2D eigenvalue weighted by molar-refractivity contribution is 8.00. The number of nitrogens with zero attached hydrogens (tertiary/aromatic N) is 3. The van der Waals surface area contributed by atoms with E-state index in [1.165, 1.54) is 12.1 Å². The summed E-state index contributed by atoms with van der Waals surface area (Å²) >= 11 is 7.71. The van der Waals surface area contributed by atoms with Crippen molar-refractivity contribution in [1.82, 2.24) is 20.5 Å². The summed E-state index contributed by atoms with van der Waals surface area (Å²) in [6.07, 6.45) is 0.602. The molecule has 10 heteroatoms. The topological polar surface area (TPSA) is 91.5 Å². The van der Waals surface area contributed by atoms with Crippen LogP contribution in [0.15, 0.2) is 52.0 Å². The Morgan fingerprint density at radius 2 is 2.09 bits per heavy atom. The van der Waals surface area contributed by atoms with Crippen LogP contribution in [0.25, 0.3) is 0 Å². The van der Waals surface area contributed by atoms with Crippen molar-refractivity contribution in [3.05, 3.63) is 70.3 Å². The number of halogens is 2. The van der Waals surface area contributed by atoms with Crippen LogP contribution in [-0.4, -0.2) is 44.1 Å². The predicted octanol–water partition coefficient (Wildman–Crippen LogP) is 3.93. The zero-order valence-electron chi connectivity index (χ0n) is 17.3. The van der Waals surface area contributed by atoms with Crippen molar-refractivity contribution in [2.45, 2.75) is 42.6 Å². The molecule has 1 aliphatic rings. The van der Waals surface area contributed by atoms with Crippen LogP contribution >= 0.6 is 23.4 Å². The third kappa shape index (κ3) is 5.40. The van der Waals surface area contributed by atoms with E-state index in [-0.39, 0.29) is 29.3 Å². The van der Waals surface area contributed by atoms with Crippen LogP contribution in [0.1, 0.15) is 23.4 Å². The summed E-state index contributed by atoms with van der Waals surface area (Å²) in [5, 5.41) is 21.3. The van der Waals surface area contributed by atoms with Crippen LogP contribution in [0.3, 0.4) is 0 Å². The molecule has 0 unspecified atom stereocenters. The summed E-state index contributed by atoms with van der Waals surface area (Å²) in [4.78, 5) is 16.0. The second-order valence-corrected chi connectivity index (χ2v) is 9.47. The molecule has 0 spiro atoms. The molecule has 1 aliphatic heterocycles. The number of benzene rings is 2. The first kappa shape index (κ1) is 22.6. The van der Waals surface area contributed by atoms with Gasteiger partial charge in [0.25, 0.3) is 0 Å². The number of aromatic hydroxyl groups is 1. The first-order valence-corrected chi connectivity index (χ1v) is 11.3. The van der Waals surface area contributed by atoms with Gasteiger partial charge in [-0.25, -0.2) is 9.02 Å². The van der Waals surface area contributed by atoms with Crippen molar-refractivity contribution in [2.75, 3.05) is 6.54 Å². The number of amides is 1. The SMILES string of the molecule is Cc1nonc1CNC(=O)[C@@H]1C[C@H](Sc2ccc(F)cc2)CN1Cc1cc(Cl)ccc1O. The average molecular weight is 477 g/mol. The summed E-state index contributed by atoms with van der Waals surface area (Å²) in [5.74, 6) is -0.294. The van der Waals surface area contributed by atoms with Crippen molar-refractivity contribution in [2.24, 2.45) is 0 Å². The predicted molar refractivity (Wildman–Crippen MR) is 119 cm³/mol. The van der Waals surface area contributed by atoms with Gasteiger partial charge in [-0.3, -0.25) is 9.69 Å². The van der Waals surface area contributed by atoms with Crippen LogP contribution < -0.4 is 5.32 Å². The summed E-state index contributed by atoms with van der Waals surface area (Å²) in [6, 6.07) is 10.8. The third-order valence-corrected chi connectivity index (χ3v) is 6.83. The van der Waals surface area contributed by atoms with E-state index in [4.69, 9.17) is 11.6 Å². The number of aromatic nitrogens is 2. The Bertz CT molecular complexity index is 1100. The van der Waals surface area contributed by atoms with E-state index in [1.807, 2.05) is 4.90 Å². The monoisotopic (exact) mass is 476 g/mol. The zero-order valence-corrected chi connectivity index (χ0v) is 18.9. The Kier molecular flexibility index (Phi) is 6.98. The molecule has 168 valence electrons. The quantitative estimate of drug-likeness (QED) is 0.533. The molecule has 2 heterocycles. The molecule has 7 nitrogen and oxygen atoms in total. The Balaban J connectivity index is 1.49. The van der Waals surface area contributed by atoms with Gasteiger partial charge in [-0.2, -0.15) is 0 Å². The molecule has 0 radical (unpaired) electrons. The molecule has 32 heavy (non-hydrogen) atoms. The van der Waals surface area contributed by atoms with Crippen LogP contribution in [0.2, 0.25) is 5.02 Å². The molecule has 0 bridgehead atoms. The number of nitrogens with one attached hydrogen (secondary N) is 1. The number of hydrogen-bond acceptors (Lipinski definition) is 7. The lowest BCUT2D eigenvalue weighted by Gasteiger charge is -2.24. The van der Waals surface area contributed by atoms with Gasteiger partial charge in [-0.05, 0) is 55.8 Å². The van der Waals surface area contributed by atoms with E-state index in [9.17, 15) is 14.3 Å². The maximum atomic E-state index is 13.3. The minimum absolute atomic E-state index is 0.119. The number of rotatable bonds is 7. The van der Waals surface area contributed by atoms with Gasteiger partial charge in [-0.1, -0.05) is 21.9 Å². The standard InChI is InChI=1S/C22H22ClFN4O3S/c1-13-19(27-31-26-13)10-25-22(30)20-9-18(32-17-5-3-16(24)4-6-17)12-28(20)11-14-8-15(23)2-7-21(14)29/h2-8,18,20,29H,9-12H2,1H3,(H,25,30)/t18-,20-/m0/s1. The molecule has 1 aromatic heterocycles. The summed E-state index contributed by atoms with van der Waals surface area (Å²) in [7, 11) is 0. The van der Waals surface area contributed by atoms with Gasteiger partial charge >= 0.3 is 0 Å². The van der Waals surface area contributed by atoms with Crippen LogP contribution in [0.5, 0.6) is 5.75 Å². The molecule has 4 rings (SSSR count). The van der Waals surface area contributed by atoms with Crippen molar-refractivity contribution < 1.29 is 18.9 Å². The minimum Gasteiger partial charge on any atom is -0.508 e. The molecule has 2 atom stereocenters. The summed E-state index contributed by atoms with van der Waals surface area (Å²) in [5.41, 5.74) is 1.86. The molecule has 0 aliphatic carbocycles. The average Bonchev–Trinajstić information content (AvgIpc) is 3.36. The number of hydrogen-bond donors (Lipinski definition) is 2. The molecule has 2 aromatic carbocycles. The van der Waals surface area contributed by atoms with Gasteiger partial charge in [0.2, 0.25) is 5.91 Å². The van der Waals surface area contributed by atoms with E-state index in [0.29, 0.717) is 41.5 Å². The maximum Gasteiger partial charge on any atom is 0.237 e. The molecule has 1 fully saturated rings. The Labute approximate surface area is 193 Å². The van der Waals surface area contributed by atoms with Crippen LogP contribution in [-0.2, 0) is 17.9 Å². The van der Waals surface area contributed by atoms with Crippen LogP contribution in [0, 0.1) is 12.7 Å². The molecule has 1 amide bonds. The van der Waals surface area contributed by atoms with E-state index >= 15 is 0 Å². The largest absolute Gasteiger partial charge is 0.508 e. The summed E-state index contributed by atoms with van der Waals surface area (Å²) in [6.45, 7) is 2.97. The van der Waals surface area contributed by atoms with Crippen molar-refractivity contribution >= 4 is 29.3 Å². The van der Waals surface area contributed by atoms with Crippen LogP contribution in [0.4, 0.5) is 4.39 Å². The van der Waals surface area contributed by atoms with Gasteiger partial charge in [0, 0.05) is 33.8 Å². The molecule has 0 saturated carbocycles. The van der Waals surface area contributed by atoms with Gasteiger partial charge in [-0.15, -0.1) is 11.8 Å². The lowest BCUT2D eigenvalue weighted by Crippen LogP contribution is -2.42. The van der Waals surface area contributed by atoms with Gasteiger partial charge < -0.3 is 10.4 Å². The number of aryl methyl sites for hydroxylation is 1. The number of phenols is 1. The Hall–Kier alpha value is -2.62. The fraction of sp³-hybridized carbons (Fsp3) is 0.318. The fourth-order valence-corrected chi connectivity index (χ4v) is 5.12. The highest BCUT2D eigenvalue weighted by Crippen LogP contribution is 2.35. The van der Waals surface area contributed by atoms with Gasteiger partial charge in [0.15, 0.2) is 0 Å². The Morgan fingerprint density at radius 3 is 2.81 bits per heavy atom. The molecular formula is C22H22ClFN4O3S. The first-order valence-electron chi connectivity index (χ1n) is 10.1. The van der Waals surface area contributed by atoms with E-state index < -0.39 is 6.04 Å². The highest BCUT2D eigenvalue weighted by Gasteiger charge is 2.37. The normalized spacial score (nSPS) is 18.7. The second kappa shape index (κ2) is 9.89. The van der Waals surface area contributed by atoms with Crippen molar-refractivity contribution in [3.8, 4) is 5.75 Å². The molecule has 1 saturated heterocycles. The number of thioether (sulfide) groups is 1. The van der Waals surface area contributed by atoms with E-state index in [1.54, 1.807) is 49.0 Å². The van der Waals surface area contributed by atoms with Gasteiger partial charge in [0.05, 0.1) is 12.6 Å². The number of carbonyl (C=O) groups is 1. The maximum absolute atomic E-state index is 13.3. The number of carbonyl (C=O) groups excluding carboxylic acids is 1.